The van der Waals surface area contributed by atoms with E-state index in [2.05, 4.69) is 24.2 Å². The Hall–Kier alpha value is -0.730. The fraction of sp³-hybridized carbons (Fsp3) is 0.929. The van der Waals surface area contributed by atoms with Gasteiger partial charge in [-0.05, 0) is 43.4 Å². The molecule has 0 unspecified atom stereocenters. The Morgan fingerprint density at radius 3 is 2.53 bits per heavy atom. The van der Waals surface area contributed by atoms with E-state index < -0.39 is 0 Å². The van der Waals surface area contributed by atoms with Crippen LogP contribution in [0.2, 0.25) is 0 Å². The zero-order chi connectivity index (χ0) is 12.3. The Labute approximate surface area is 105 Å². The van der Waals surface area contributed by atoms with Gasteiger partial charge in [0.1, 0.15) is 0 Å². The van der Waals surface area contributed by atoms with E-state index in [1.165, 1.54) is 44.9 Å². The molecule has 0 aromatic rings. The van der Waals surface area contributed by atoms with Gasteiger partial charge in [-0.25, -0.2) is 0 Å². The Morgan fingerprint density at radius 1 is 1.35 bits per heavy atom. The third-order valence-corrected chi connectivity index (χ3v) is 4.02. The van der Waals surface area contributed by atoms with Gasteiger partial charge < -0.3 is 11.1 Å². The van der Waals surface area contributed by atoms with Crippen molar-refractivity contribution < 1.29 is 0 Å². The largest absolute Gasteiger partial charge is 0.370 e. The zero-order valence-electron chi connectivity index (χ0n) is 11.3. The monoisotopic (exact) mass is 237 g/mol. The van der Waals surface area contributed by atoms with Gasteiger partial charge in [0.2, 0.25) is 0 Å². The minimum atomic E-state index is 0.448. The average molecular weight is 237 g/mol. The summed E-state index contributed by atoms with van der Waals surface area (Å²) in [5.74, 6) is 1.43. The third kappa shape index (κ3) is 3.90. The highest BCUT2D eigenvalue weighted by Gasteiger charge is 2.34. The van der Waals surface area contributed by atoms with Crippen LogP contribution < -0.4 is 11.1 Å². The van der Waals surface area contributed by atoms with E-state index in [4.69, 9.17) is 5.73 Å². The van der Waals surface area contributed by atoms with E-state index in [9.17, 15) is 0 Å². The second-order valence-corrected chi connectivity index (χ2v) is 6.43. The van der Waals surface area contributed by atoms with Crippen molar-refractivity contribution >= 4 is 5.96 Å². The summed E-state index contributed by atoms with van der Waals surface area (Å²) in [7, 11) is 0. The van der Waals surface area contributed by atoms with Crippen LogP contribution in [0.5, 0.6) is 0 Å². The van der Waals surface area contributed by atoms with Crippen molar-refractivity contribution in [1.82, 2.24) is 5.32 Å². The molecule has 17 heavy (non-hydrogen) atoms. The smallest absolute Gasteiger partial charge is 0.188 e. The molecule has 0 heterocycles. The van der Waals surface area contributed by atoms with Gasteiger partial charge >= 0.3 is 0 Å². The molecule has 2 fully saturated rings. The van der Waals surface area contributed by atoms with E-state index in [0.717, 1.165) is 12.5 Å². The Balaban J connectivity index is 1.87. The van der Waals surface area contributed by atoms with Crippen molar-refractivity contribution in [1.29, 1.82) is 0 Å². The lowest BCUT2D eigenvalue weighted by Gasteiger charge is -2.29. The van der Waals surface area contributed by atoms with Crippen molar-refractivity contribution in [2.45, 2.75) is 64.8 Å². The number of nitrogens with one attached hydrogen (secondary N) is 1. The molecule has 3 N–H and O–H groups in total. The first-order valence-electron chi connectivity index (χ1n) is 7.16. The number of rotatable bonds is 5. The maximum atomic E-state index is 5.92. The second kappa shape index (κ2) is 5.28. The van der Waals surface area contributed by atoms with Gasteiger partial charge in [-0.1, -0.05) is 26.7 Å². The van der Waals surface area contributed by atoms with Crippen LogP contribution in [0, 0.1) is 11.3 Å². The van der Waals surface area contributed by atoms with Crippen LogP contribution in [0.25, 0.3) is 0 Å². The average Bonchev–Trinajstić information content (AvgIpc) is 2.94. The van der Waals surface area contributed by atoms with Gasteiger partial charge in [-0.3, -0.25) is 4.99 Å². The molecule has 2 aliphatic rings. The summed E-state index contributed by atoms with van der Waals surface area (Å²) >= 11 is 0. The predicted molar refractivity (Wildman–Crippen MR) is 73.0 cm³/mol. The fourth-order valence-corrected chi connectivity index (χ4v) is 3.15. The molecule has 2 aliphatic carbocycles. The molecular formula is C14H27N3. The van der Waals surface area contributed by atoms with Crippen molar-refractivity contribution in [2.24, 2.45) is 22.1 Å². The molecule has 0 bridgehead atoms. The van der Waals surface area contributed by atoms with Crippen molar-refractivity contribution in [2.75, 3.05) is 6.54 Å². The normalized spacial score (nSPS) is 24.3. The van der Waals surface area contributed by atoms with Gasteiger partial charge in [-0.2, -0.15) is 0 Å². The SMILES string of the molecule is CC(C)CC1(CN=C(N)NC2CC2)CCCC1. The van der Waals surface area contributed by atoms with Gasteiger partial charge in [0.05, 0.1) is 0 Å². The number of aliphatic imine (C=N–C) groups is 1. The first kappa shape index (κ1) is 12.7. The van der Waals surface area contributed by atoms with Crippen LogP contribution in [-0.2, 0) is 0 Å². The van der Waals surface area contributed by atoms with Crippen LogP contribution in [0.1, 0.15) is 58.8 Å². The van der Waals surface area contributed by atoms with Gasteiger partial charge in [0.25, 0.3) is 0 Å². The van der Waals surface area contributed by atoms with Crippen LogP contribution >= 0.6 is 0 Å². The molecular weight excluding hydrogens is 210 g/mol. The first-order valence-corrected chi connectivity index (χ1v) is 7.16. The van der Waals surface area contributed by atoms with E-state index in [0.29, 0.717) is 17.4 Å². The van der Waals surface area contributed by atoms with E-state index in [1.54, 1.807) is 0 Å². The molecule has 0 atom stereocenters. The number of nitrogens with two attached hydrogens (primary N) is 1. The summed E-state index contributed by atoms with van der Waals surface area (Å²) in [5, 5.41) is 3.28. The van der Waals surface area contributed by atoms with Crippen molar-refractivity contribution in [3.8, 4) is 0 Å². The van der Waals surface area contributed by atoms with Gasteiger partial charge in [-0.15, -0.1) is 0 Å². The van der Waals surface area contributed by atoms with Crippen LogP contribution in [0.4, 0.5) is 0 Å². The minimum Gasteiger partial charge on any atom is -0.370 e. The highest BCUT2D eigenvalue weighted by molar-refractivity contribution is 5.78. The lowest BCUT2D eigenvalue weighted by Crippen LogP contribution is -2.35. The minimum absolute atomic E-state index is 0.448. The topological polar surface area (TPSA) is 50.4 Å². The zero-order valence-corrected chi connectivity index (χ0v) is 11.3. The molecule has 0 spiro atoms. The highest BCUT2D eigenvalue weighted by atomic mass is 15.1. The standard InChI is InChI=1S/C14H27N3/c1-11(2)9-14(7-3-4-8-14)10-16-13(15)17-12-5-6-12/h11-12H,3-10H2,1-2H3,(H3,15,16,17). The maximum Gasteiger partial charge on any atom is 0.188 e. The summed E-state index contributed by atoms with van der Waals surface area (Å²) in [6, 6.07) is 0.614. The molecule has 0 saturated heterocycles. The molecule has 0 aliphatic heterocycles. The molecule has 0 amide bonds. The number of nitrogens with zero attached hydrogens (tertiary/aromatic N) is 1. The quantitative estimate of drug-likeness (QED) is 0.570. The summed E-state index contributed by atoms with van der Waals surface area (Å²) in [6.45, 7) is 5.56. The third-order valence-electron chi connectivity index (χ3n) is 4.02. The van der Waals surface area contributed by atoms with Gasteiger partial charge in [0, 0.05) is 12.6 Å². The molecule has 3 heteroatoms. The Morgan fingerprint density at radius 2 is 2.00 bits per heavy atom. The Kier molecular flexibility index (Phi) is 3.95. The molecule has 0 aromatic heterocycles. The molecule has 0 radical (unpaired) electrons. The number of hydrogen-bond donors (Lipinski definition) is 2. The maximum absolute atomic E-state index is 5.92. The summed E-state index contributed by atoms with van der Waals surface area (Å²) in [5.41, 5.74) is 6.37. The predicted octanol–water partition coefficient (Wildman–Crippen LogP) is 2.66. The van der Waals surface area contributed by atoms with Crippen molar-refractivity contribution in [3.05, 3.63) is 0 Å². The van der Waals surface area contributed by atoms with Crippen LogP contribution in [0.15, 0.2) is 4.99 Å². The summed E-state index contributed by atoms with van der Waals surface area (Å²) < 4.78 is 0. The summed E-state index contributed by atoms with van der Waals surface area (Å²) in [6.07, 6.45) is 9.24. The fourth-order valence-electron chi connectivity index (χ4n) is 3.15. The molecule has 2 saturated carbocycles. The van der Waals surface area contributed by atoms with E-state index in [-0.39, 0.29) is 0 Å². The van der Waals surface area contributed by atoms with Crippen LogP contribution in [0.3, 0.4) is 0 Å². The van der Waals surface area contributed by atoms with E-state index >= 15 is 0 Å². The number of guanidine groups is 1. The Bertz CT molecular complexity index is 273. The first-order chi connectivity index (χ1) is 8.10. The van der Waals surface area contributed by atoms with Gasteiger partial charge in [0.15, 0.2) is 5.96 Å². The molecule has 98 valence electrons. The lowest BCUT2D eigenvalue weighted by atomic mass is 9.78. The molecule has 3 nitrogen and oxygen atoms in total. The molecule has 0 aromatic carbocycles. The number of hydrogen-bond acceptors (Lipinski definition) is 1. The highest BCUT2D eigenvalue weighted by Crippen LogP contribution is 2.43. The lowest BCUT2D eigenvalue weighted by molar-refractivity contribution is 0.245. The van der Waals surface area contributed by atoms with Crippen molar-refractivity contribution in [3.63, 3.8) is 0 Å². The summed E-state index contributed by atoms with van der Waals surface area (Å²) in [4.78, 5) is 4.59. The van der Waals surface area contributed by atoms with Crippen LogP contribution in [-0.4, -0.2) is 18.5 Å². The van der Waals surface area contributed by atoms with E-state index in [1.807, 2.05) is 0 Å². The molecule has 2 rings (SSSR count). The second-order valence-electron chi connectivity index (χ2n) is 6.43.